The minimum Gasteiger partial charge on any atom is -0.324 e. The molecule has 0 aliphatic carbocycles. The van der Waals surface area contributed by atoms with Gasteiger partial charge in [0.25, 0.3) is 0 Å². The molecule has 1 aromatic heterocycles. The van der Waals surface area contributed by atoms with Gasteiger partial charge in [-0.05, 0) is 60.4 Å². The third kappa shape index (κ3) is 3.54. The molecule has 0 radical (unpaired) electrons. The van der Waals surface area contributed by atoms with Gasteiger partial charge in [-0.3, -0.25) is 4.79 Å². The molecule has 1 fully saturated rings. The van der Waals surface area contributed by atoms with Crippen molar-refractivity contribution in [3.8, 4) is 0 Å². The number of carbonyl (C=O) groups excluding carboxylic acids is 1. The zero-order valence-corrected chi connectivity index (χ0v) is 12.8. The molecule has 4 nitrogen and oxygen atoms in total. The molecule has 1 aliphatic rings. The molecule has 2 rings (SSSR count). The number of aromatic nitrogens is 1. The van der Waals surface area contributed by atoms with Crippen LogP contribution in [0.25, 0.3) is 0 Å². The molecule has 1 aliphatic heterocycles. The summed E-state index contributed by atoms with van der Waals surface area (Å²) in [6, 6.07) is 3.71. The van der Waals surface area contributed by atoms with Crippen LogP contribution in [0.4, 0.5) is 5.69 Å². The number of amides is 1. The van der Waals surface area contributed by atoms with E-state index >= 15 is 0 Å². The van der Waals surface area contributed by atoms with Crippen molar-refractivity contribution in [1.82, 2.24) is 10.3 Å². The number of piperidine rings is 1. The number of hydrogen-bond donors (Lipinski definition) is 2. The lowest BCUT2D eigenvalue weighted by Crippen LogP contribution is -2.44. The van der Waals surface area contributed by atoms with E-state index in [1.807, 2.05) is 12.1 Å². The first-order chi connectivity index (χ1) is 9.16. The second kappa shape index (κ2) is 6.48. The molecule has 0 spiro atoms. The number of pyridine rings is 1. The van der Waals surface area contributed by atoms with Gasteiger partial charge in [0.2, 0.25) is 5.91 Å². The molecule has 0 unspecified atom stereocenters. The highest BCUT2D eigenvalue weighted by Gasteiger charge is 2.38. The van der Waals surface area contributed by atoms with E-state index in [1.54, 1.807) is 6.20 Å². The highest BCUT2D eigenvalue weighted by Crippen LogP contribution is 2.35. The average Bonchev–Trinajstić information content (AvgIpc) is 2.43. The number of anilines is 1. The molecule has 2 heterocycles. The second-order valence-corrected chi connectivity index (χ2v) is 5.92. The summed E-state index contributed by atoms with van der Waals surface area (Å²) in [5.74, 6) is 0.139. The number of hydrogen-bond acceptors (Lipinski definition) is 3. The van der Waals surface area contributed by atoms with E-state index < -0.39 is 0 Å². The maximum absolute atomic E-state index is 12.6. The van der Waals surface area contributed by atoms with Crippen LogP contribution in [0.2, 0.25) is 0 Å². The fraction of sp³-hybridized carbons (Fsp3) is 0.571. The maximum Gasteiger partial charge on any atom is 0.230 e. The highest BCUT2D eigenvalue weighted by molar-refractivity contribution is 9.10. The smallest absolute Gasteiger partial charge is 0.230 e. The Morgan fingerprint density at radius 3 is 2.79 bits per heavy atom. The first-order valence-corrected chi connectivity index (χ1v) is 7.59. The molecule has 19 heavy (non-hydrogen) atoms. The molecule has 1 amide bonds. The van der Waals surface area contributed by atoms with E-state index in [1.165, 1.54) is 0 Å². The average molecular weight is 326 g/mol. The standard InChI is InChI=1S/C14H20BrN3O/c1-2-5-14(6-8-16-9-7-14)13(19)18-11-3-4-12(15)17-10-11/h3-4,10,16H,2,5-9H2,1H3,(H,18,19). The van der Waals surface area contributed by atoms with Crippen LogP contribution in [-0.2, 0) is 4.79 Å². The fourth-order valence-electron chi connectivity index (χ4n) is 2.69. The molecular formula is C14H20BrN3O. The van der Waals surface area contributed by atoms with Gasteiger partial charge >= 0.3 is 0 Å². The molecule has 0 saturated carbocycles. The van der Waals surface area contributed by atoms with Gasteiger partial charge in [0.15, 0.2) is 0 Å². The third-order valence-corrected chi connectivity index (χ3v) is 4.23. The number of carbonyl (C=O) groups is 1. The van der Waals surface area contributed by atoms with Crippen LogP contribution in [0.5, 0.6) is 0 Å². The van der Waals surface area contributed by atoms with Crippen LogP contribution in [0, 0.1) is 5.41 Å². The molecule has 2 N–H and O–H groups in total. The highest BCUT2D eigenvalue weighted by atomic mass is 79.9. The van der Waals surface area contributed by atoms with Crippen molar-refractivity contribution in [2.24, 2.45) is 5.41 Å². The minimum atomic E-state index is -0.215. The summed E-state index contributed by atoms with van der Waals surface area (Å²) in [7, 11) is 0. The van der Waals surface area contributed by atoms with Gasteiger partial charge in [-0.15, -0.1) is 0 Å². The van der Waals surface area contributed by atoms with Gasteiger partial charge < -0.3 is 10.6 Å². The monoisotopic (exact) mass is 325 g/mol. The largest absolute Gasteiger partial charge is 0.324 e. The minimum absolute atomic E-state index is 0.139. The van der Waals surface area contributed by atoms with Crippen molar-refractivity contribution >= 4 is 27.5 Å². The first-order valence-electron chi connectivity index (χ1n) is 6.80. The van der Waals surface area contributed by atoms with Gasteiger partial charge in [-0.2, -0.15) is 0 Å². The van der Waals surface area contributed by atoms with Crippen LogP contribution in [0.3, 0.4) is 0 Å². The van der Waals surface area contributed by atoms with Gasteiger partial charge in [0.1, 0.15) is 4.60 Å². The molecular weight excluding hydrogens is 306 g/mol. The Hall–Kier alpha value is -0.940. The van der Waals surface area contributed by atoms with E-state index in [9.17, 15) is 4.79 Å². The van der Waals surface area contributed by atoms with Gasteiger partial charge in [0, 0.05) is 0 Å². The van der Waals surface area contributed by atoms with Crippen molar-refractivity contribution in [2.75, 3.05) is 18.4 Å². The molecule has 5 heteroatoms. The zero-order chi connectivity index (χ0) is 13.7. The summed E-state index contributed by atoms with van der Waals surface area (Å²) in [5.41, 5.74) is 0.551. The van der Waals surface area contributed by atoms with E-state index in [2.05, 4.69) is 38.5 Å². The van der Waals surface area contributed by atoms with Crippen LogP contribution >= 0.6 is 15.9 Å². The fourth-order valence-corrected chi connectivity index (χ4v) is 2.92. The lowest BCUT2D eigenvalue weighted by molar-refractivity contribution is -0.127. The summed E-state index contributed by atoms with van der Waals surface area (Å²) in [4.78, 5) is 16.7. The summed E-state index contributed by atoms with van der Waals surface area (Å²) in [5, 5.41) is 6.34. The molecule has 0 aromatic carbocycles. The van der Waals surface area contributed by atoms with E-state index in [4.69, 9.17) is 0 Å². The Morgan fingerprint density at radius 2 is 2.21 bits per heavy atom. The summed E-state index contributed by atoms with van der Waals surface area (Å²) in [6.45, 7) is 3.98. The lowest BCUT2D eigenvalue weighted by Gasteiger charge is -2.36. The normalized spacial score (nSPS) is 18.0. The molecule has 0 bridgehead atoms. The van der Waals surface area contributed by atoms with Crippen molar-refractivity contribution < 1.29 is 4.79 Å². The summed E-state index contributed by atoms with van der Waals surface area (Å²) < 4.78 is 0.774. The number of rotatable bonds is 4. The Balaban J connectivity index is 2.09. The van der Waals surface area contributed by atoms with Gasteiger partial charge in [-0.1, -0.05) is 13.3 Å². The SMILES string of the molecule is CCCC1(C(=O)Nc2ccc(Br)nc2)CCNCC1. The van der Waals surface area contributed by atoms with Crippen molar-refractivity contribution in [1.29, 1.82) is 0 Å². The van der Waals surface area contributed by atoms with Crippen molar-refractivity contribution in [3.63, 3.8) is 0 Å². The van der Waals surface area contributed by atoms with E-state index in [0.717, 1.165) is 49.1 Å². The zero-order valence-electron chi connectivity index (χ0n) is 11.2. The molecule has 104 valence electrons. The van der Waals surface area contributed by atoms with Gasteiger partial charge in [0.05, 0.1) is 17.3 Å². The lowest BCUT2D eigenvalue weighted by atomic mass is 9.74. The second-order valence-electron chi connectivity index (χ2n) is 5.10. The number of nitrogens with zero attached hydrogens (tertiary/aromatic N) is 1. The number of nitrogens with one attached hydrogen (secondary N) is 2. The topological polar surface area (TPSA) is 54.0 Å². The summed E-state index contributed by atoms with van der Waals surface area (Å²) >= 11 is 3.29. The number of halogens is 1. The van der Waals surface area contributed by atoms with Crippen LogP contribution in [0.15, 0.2) is 22.9 Å². The predicted molar refractivity (Wildman–Crippen MR) is 80.0 cm³/mol. The van der Waals surface area contributed by atoms with Crippen LogP contribution in [-0.4, -0.2) is 24.0 Å². The van der Waals surface area contributed by atoms with E-state index in [0.29, 0.717) is 0 Å². The van der Waals surface area contributed by atoms with Gasteiger partial charge in [-0.25, -0.2) is 4.98 Å². The van der Waals surface area contributed by atoms with Crippen molar-refractivity contribution in [2.45, 2.75) is 32.6 Å². The third-order valence-electron chi connectivity index (χ3n) is 3.76. The summed E-state index contributed by atoms with van der Waals surface area (Å²) in [6.07, 6.45) is 5.49. The van der Waals surface area contributed by atoms with E-state index in [-0.39, 0.29) is 11.3 Å². The maximum atomic E-state index is 12.6. The Labute approximate surface area is 122 Å². The molecule has 1 saturated heterocycles. The molecule has 1 aromatic rings. The van der Waals surface area contributed by atoms with Crippen LogP contribution in [0.1, 0.15) is 32.6 Å². The first kappa shape index (κ1) is 14.5. The Morgan fingerprint density at radius 1 is 1.47 bits per heavy atom. The van der Waals surface area contributed by atoms with Crippen molar-refractivity contribution in [3.05, 3.63) is 22.9 Å². The van der Waals surface area contributed by atoms with Crippen LogP contribution < -0.4 is 10.6 Å². The predicted octanol–water partition coefficient (Wildman–Crippen LogP) is 2.95. The Bertz CT molecular complexity index is 421. The quantitative estimate of drug-likeness (QED) is 0.837. The Kier molecular flexibility index (Phi) is 4.93. The molecule has 0 atom stereocenters.